The van der Waals surface area contributed by atoms with Gasteiger partial charge in [0.25, 0.3) is 15.9 Å². The number of nitrogens with zero attached hydrogens (tertiary/aromatic N) is 2. The summed E-state index contributed by atoms with van der Waals surface area (Å²) in [6, 6.07) is 12.3. The second kappa shape index (κ2) is 6.49. The molecule has 1 aliphatic heterocycles. The Morgan fingerprint density at radius 1 is 1.18 bits per heavy atom. The van der Waals surface area contributed by atoms with Crippen LogP contribution in [-0.2, 0) is 14.8 Å². The van der Waals surface area contributed by atoms with E-state index in [1.807, 2.05) is 32.0 Å². The highest BCUT2D eigenvalue weighted by Gasteiger charge is 2.36. The maximum absolute atomic E-state index is 12.9. The van der Waals surface area contributed by atoms with Gasteiger partial charge in [0.2, 0.25) is 0 Å². The molecule has 0 saturated carbocycles. The van der Waals surface area contributed by atoms with Crippen LogP contribution in [-0.4, -0.2) is 26.6 Å². The Labute approximate surface area is 162 Å². The van der Waals surface area contributed by atoms with Crippen molar-refractivity contribution in [2.24, 2.45) is 5.10 Å². The molecular formula is C20H19N3O4S. The Hall–Kier alpha value is -3.13. The molecule has 0 spiro atoms. The maximum Gasteiger partial charge on any atom is 0.265 e. The van der Waals surface area contributed by atoms with E-state index >= 15 is 0 Å². The fourth-order valence-corrected chi connectivity index (χ4v) is 5.16. The van der Waals surface area contributed by atoms with Gasteiger partial charge < -0.3 is 4.42 Å². The van der Waals surface area contributed by atoms with Gasteiger partial charge in [0, 0.05) is 10.9 Å². The molecule has 0 aliphatic carbocycles. The van der Waals surface area contributed by atoms with Crippen molar-refractivity contribution in [2.45, 2.75) is 25.7 Å². The normalized spacial score (nSPS) is 15.2. The standard InChI is InChI=1S/C20H19N3O4S/c1-12-10-16(14(3)27-12)13(2)21-22-19(24)11-23-17-8-4-6-15-7-5-9-18(20(15)17)28(23,25)26/h4-10H,11H2,1-3H3,(H,22,24)/b21-13-. The SMILES string of the molecule is C/C(=N/NC(=O)CN1c2cccc3cccc(c23)S1(=O)=O)c1cc(C)oc1C. The molecule has 0 fully saturated rings. The third kappa shape index (κ3) is 2.86. The summed E-state index contributed by atoms with van der Waals surface area (Å²) in [5.41, 5.74) is 4.32. The minimum Gasteiger partial charge on any atom is -0.466 e. The van der Waals surface area contributed by atoms with E-state index in [1.54, 1.807) is 31.2 Å². The van der Waals surface area contributed by atoms with E-state index in [9.17, 15) is 13.2 Å². The molecule has 144 valence electrons. The van der Waals surface area contributed by atoms with Crippen molar-refractivity contribution in [1.82, 2.24) is 5.43 Å². The van der Waals surface area contributed by atoms with Crippen molar-refractivity contribution in [3.63, 3.8) is 0 Å². The molecule has 7 nitrogen and oxygen atoms in total. The number of benzene rings is 2. The van der Waals surface area contributed by atoms with E-state index in [-0.39, 0.29) is 11.4 Å². The van der Waals surface area contributed by atoms with Crippen LogP contribution in [0, 0.1) is 13.8 Å². The summed E-state index contributed by atoms with van der Waals surface area (Å²) in [6.45, 7) is 5.05. The van der Waals surface area contributed by atoms with Crippen LogP contribution in [0.15, 0.2) is 56.9 Å². The van der Waals surface area contributed by atoms with E-state index in [2.05, 4.69) is 10.5 Å². The Morgan fingerprint density at radius 2 is 1.89 bits per heavy atom. The van der Waals surface area contributed by atoms with Crippen molar-refractivity contribution in [3.8, 4) is 0 Å². The van der Waals surface area contributed by atoms with E-state index in [0.717, 1.165) is 21.0 Å². The number of nitrogens with one attached hydrogen (secondary N) is 1. The predicted octanol–water partition coefficient (Wildman–Crippen LogP) is 3.10. The zero-order valence-corrected chi connectivity index (χ0v) is 16.5. The van der Waals surface area contributed by atoms with E-state index in [4.69, 9.17) is 4.42 Å². The van der Waals surface area contributed by atoms with Crippen LogP contribution in [0.1, 0.15) is 24.0 Å². The molecule has 1 N–H and O–H groups in total. The largest absolute Gasteiger partial charge is 0.466 e. The number of sulfonamides is 1. The molecule has 1 aliphatic rings. The number of furan rings is 1. The highest BCUT2D eigenvalue weighted by molar-refractivity contribution is 7.93. The summed E-state index contributed by atoms with van der Waals surface area (Å²) in [7, 11) is -3.78. The van der Waals surface area contributed by atoms with Crippen LogP contribution in [0.5, 0.6) is 0 Å². The molecule has 0 bridgehead atoms. The number of hydrogen-bond acceptors (Lipinski definition) is 5. The molecule has 2 heterocycles. The van der Waals surface area contributed by atoms with Crippen LogP contribution in [0.4, 0.5) is 5.69 Å². The topological polar surface area (TPSA) is 92.0 Å². The molecule has 0 atom stereocenters. The first kappa shape index (κ1) is 18.2. The van der Waals surface area contributed by atoms with Crippen molar-refractivity contribution in [1.29, 1.82) is 0 Å². The Morgan fingerprint density at radius 3 is 2.57 bits per heavy atom. The van der Waals surface area contributed by atoms with E-state index in [1.165, 1.54) is 0 Å². The zero-order chi connectivity index (χ0) is 20.1. The quantitative estimate of drug-likeness (QED) is 0.541. The predicted molar refractivity (Wildman–Crippen MR) is 107 cm³/mol. The summed E-state index contributed by atoms with van der Waals surface area (Å²) >= 11 is 0. The summed E-state index contributed by atoms with van der Waals surface area (Å²) < 4.78 is 32.4. The third-order valence-corrected chi connectivity index (χ3v) is 6.55. The molecule has 2 aromatic carbocycles. The number of aryl methyl sites for hydroxylation is 2. The monoisotopic (exact) mass is 397 g/mol. The molecule has 1 aromatic heterocycles. The average Bonchev–Trinajstić information content (AvgIpc) is 3.10. The van der Waals surface area contributed by atoms with Gasteiger partial charge >= 0.3 is 0 Å². The maximum atomic E-state index is 12.9. The van der Waals surface area contributed by atoms with Gasteiger partial charge in [-0.3, -0.25) is 9.10 Å². The molecule has 8 heteroatoms. The molecule has 1 amide bonds. The molecule has 3 aromatic rings. The first-order valence-electron chi connectivity index (χ1n) is 8.74. The summed E-state index contributed by atoms with van der Waals surface area (Å²) in [5, 5.41) is 5.55. The highest BCUT2D eigenvalue weighted by atomic mass is 32.2. The molecule has 4 rings (SSSR count). The molecule has 0 saturated heterocycles. The van der Waals surface area contributed by atoms with Gasteiger partial charge in [-0.15, -0.1) is 0 Å². The Kier molecular flexibility index (Phi) is 4.23. The first-order chi connectivity index (χ1) is 13.3. The number of amides is 1. The van der Waals surface area contributed by atoms with Crippen LogP contribution in [0.25, 0.3) is 10.8 Å². The number of carbonyl (C=O) groups excluding carboxylic acids is 1. The van der Waals surface area contributed by atoms with Crippen LogP contribution >= 0.6 is 0 Å². The lowest BCUT2D eigenvalue weighted by Crippen LogP contribution is -2.37. The number of anilines is 1. The number of carbonyl (C=O) groups is 1. The van der Waals surface area contributed by atoms with Crippen LogP contribution < -0.4 is 9.73 Å². The molecule has 28 heavy (non-hydrogen) atoms. The lowest BCUT2D eigenvalue weighted by molar-refractivity contribution is -0.119. The Balaban J connectivity index is 1.58. The summed E-state index contributed by atoms with van der Waals surface area (Å²) in [6.07, 6.45) is 0. The summed E-state index contributed by atoms with van der Waals surface area (Å²) in [4.78, 5) is 12.7. The fraction of sp³-hybridized carbons (Fsp3) is 0.200. The van der Waals surface area contributed by atoms with Crippen LogP contribution in [0.3, 0.4) is 0 Å². The zero-order valence-electron chi connectivity index (χ0n) is 15.7. The second-order valence-electron chi connectivity index (χ2n) is 6.70. The van der Waals surface area contributed by atoms with Gasteiger partial charge in [0.1, 0.15) is 18.1 Å². The van der Waals surface area contributed by atoms with Gasteiger partial charge in [-0.2, -0.15) is 5.10 Å². The number of rotatable bonds is 4. The highest BCUT2D eigenvalue weighted by Crippen LogP contribution is 2.41. The molecule has 0 radical (unpaired) electrons. The molecular weight excluding hydrogens is 378 g/mol. The lowest BCUT2D eigenvalue weighted by atomic mass is 10.1. The molecule has 0 unspecified atom stereocenters. The van der Waals surface area contributed by atoms with Crippen molar-refractivity contribution >= 4 is 38.1 Å². The first-order valence-corrected chi connectivity index (χ1v) is 10.2. The lowest BCUT2D eigenvalue weighted by Gasteiger charge is -2.17. The van der Waals surface area contributed by atoms with Gasteiger partial charge in [0.05, 0.1) is 16.3 Å². The number of hydrogen-bond donors (Lipinski definition) is 1. The summed E-state index contributed by atoms with van der Waals surface area (Å²) in [5.74, 6) is 0.935. The fourth-order valence-electron chi connectivity index (χ4n) is 3.49. The second-order valence-corrected chi connectivity index (χ2v) is 8.53. The van der Waals surface area contributed by atoms with Crippen molar-refractivity contribution in [3.05, 3.63) is 59.5 Å². The third-order valence-electron chi connectivity index (χ3n) is 4.75. The van der Waals surface area contributed by atoms with E-state index < -0.39 is 15.9 Å². The van der Waals surface area contributed by atoms with Crippen LogP contribution in [0.2, 0.25) is 0 Å². The minimum atomic E-state index is -3.78. The van der Waals surface area contributed by atoms with Gasteiger partial charge in [-0.25, -0.2) is 13.8 Å². The van der Waals surface area contributed by atoms with Crippen molar-refractivity contribution < 1.29 is 17.6 Å². The number of hydrazone groups is 1. The smallest absolute Gasteiger partial charge is 0.265 e. The minimum absolute atomic E-state index is 0.220. The van der Waals surface area contributed by atoms with Crippen molar-refractivity contribution in [2.75, 3.05) is 10.8 Å². The van der Waals surface area contributed by atoms with Gasteiger partial charge in [0.15, 0.2) is 0 Å². The Bertz CT molecular complexity index is 1240. The van der Waals surface area contributed by atoms with E-state index in [0.29, 0.717) is 22.5 Å². The van der Waals surface area contributed by atoms with Gasteiger partial charge in [-0.05, 0) is 44.4 Å². The van der Waals surface area contributed by atoms with Gasteiger partial charge in [-0.1, -0.05) is 24.3 Å². The average molecular weight is 397 g/mol.